The average Bonchev–Trinajstić information content (AvgIpc) is 2.37. The molecular weight excluding hydrogens is 236 g/mol. The van der Waals surface area contributed by atoms with Crippen molar-refractivity contribution in [1.29, 1.82) is 0 Å². The van der Waals surface area contributed by atoms with Gasteiger partial charge in [-0.25, -0.2) is 0 Å². The molecule has 1 aliphatic rings. The molecule has 1 fully saturated rings. The van der Waals surface area contributed by atoms with Crippen molar-refractivity contribution in [1.82, 2.24) is 10.2 Å². The largest absolute Gasteiger partial charge is 0.480 e. The molecule has 1 aliphatic heterocycles. The lowest BCUT2D eigenvalue weighted by Gasteiger charge is -2.30. The van der Waals surface area contributed by atoms with Crippen molar-refractivity contribution >= 4 is 17.8 Å². The maximum Gasteiger partial charge on any atom is 0.325 e. The molecule has 0 aliphatic carbocycles. The fourth-order valence-corrected chi connectivity index (χ4v) is 1.88. The van der Waals surface area contributed by atoms with E-state index in [-0.39, 0.29) is 17.7 Å². The van der Waals surface area contributed by atoms with Crippen molar-refractivity contribution in [3.63, 3.8) is 0 Å². The fraction of sp³-hybridized carbons (Fsp3) is 0.583. The van der Waals surface area contributed by atoms with E-state index in [2.05, 4.69) is 11.9 Å². The maximum absolute atomic E-state index is 11.8. The van der Waals surface area contributed by atoms with Crippen LogP contribution in [0.4, 0.5) is 0 Å². The molecule has 0 aromatic heterocycles. The first-order chi connectivity index (χ1) is 8.45. The second-order valence-corrected chi connectivity index (χ2v) is 4.37. The molecule has 0 aromatic carbocycles. The lowest BCUT2D eigenvalue weighted by Crippen LogP contribution is -2.46. The maximum atomic E-state index is 11.8. The molecule has 0 bridgehead atoms. The Kier molecular flexibility index (Phi) is 4.88. The number of carbonyl (C=O) groups is 3. The first kappa shape index (κ1) is 14.2. The number of piperidine rings is 1. The molecule has 18 heavy (non-hydrogen) atoms. The van der Waals surface area contributed by atoms with E-state index in [1.165, 1.54) is 13.0 Å². The Morgan fingerprint density at radius 2 is 1.94 bits per heavy atom. The van der Waals surface area contributed by atoms with E-state index < -0.39 is 12.0 Å². The Hall–Kier alpha value is -1.85. The highest BCUT2D eigenvalue weighted by Gasteiger charge is 2.27. The van der Waals surface area contributed by atoms with Crippen molar-refractivity contribution in [2.45, 2.75) is 25.8 Å². The highest BCUT2D eigenvalue weighted by atomic mass is 16.4. The van der Waals surface area contributed by atoms with Crippen molar-refractivity contribution < 1.29 is 19.5 Å². The van der Waals surface area contributed by atoms with Gasteiger partial charge >= 0.3 is 5.97 Å². The van der Waals surface area contributed by atoms with Crippen LogP contribution in [0.15, 0.2) is 12.7 Å². The zero-order valence-corrected chi connectivity index (χ0v) is 10.4. The van der Waals surface area contributed by atoms with Crippen molar-refractivity contribution in [3.8, 4) is 0 Å². The van der Waals surface area contributed by atoms with Crippen LogP contribution in [-0.4, -0.2) is 46.9 Å². The van der Waals surface area contributed by atoms with Crippen LogP contribution < -0.4 is 5.32 Å². The number of likely N-dealkylation sites (tertiary alicyclic amines) is 1. The van der Waals surface area contributed by atoms with Gasteiger partial charge in [-0.3, -0.25) is 14.4 Å². The molecule has 0 saturated carbocycles. The highest BCUT2D eigenvalue weighted by Crippen LogP contribution is 2.17. The minimum atomic E-state index is -1.05. The summed E-state index contributed by atoms with van der Waals surface area (Å²) in [6, 6.07) is -0.884. The van der Waals surface area contributed by atoms with Gasteiger partial charge in [0.15, 0.2) is 0 Å². The van der Waals surface area contributed by atoms with E-state index >= 15 is 0 Å². The van der Waals surface area contributed by atoms with E-state index in [0.29, 0.717) is 25.9 Å². The van der Waals surface area contributed by atoms with Crippen LogP contribution in [-0.2, 0) is 14.4 Å². The quantitative estimate of drug-likeness (QED) is 0.691. The van der Waals surface area contributed by atoms with Gasteiger partial charge in [0.05, 0.1) is 0 Å². The number of aliphatic carboxylic acids is 1. The van der Waals surface area contributed by atoms with Gasteiger partial charge in [-0.1, -0.05) is 6.58 Å². The normalized spacial score (nSPS) is 17.9. The second kappa shape index (κ2) is 6.18. The number of carbonyl (C=O) groups excluding carboxylic acids is 2. The Bertz CT molecular complexity index is 359. The number of carboxylic acids is 1. The molecule has 6 heteroatoms. The van der Waals surface area contributed by atoms with Crippen LogP contribution in [0, 0.1) is 5.92 Å². The van der Waals surface area contributed by atoms with Crippen LogP contribution in [0.25, 0.3) is 0 Å². The molecular formula is C12H18N2O4. The number of carboxylic acid groups (broad SMARTS) is 1. The van der Waals surface area contributed by atoms with Gasteiger partial charge < -0.3 is 15.3 Å². The molecule has 2 N–H and O–H groups in total. The third-order valence-electron chi connectivity index (χ3n) is 3.08. The zero-order valence-electron chi connectivity index (χ0n) is 10.4. The van der Waals surface area contributed by atoms with Crippen LogP contribution in [0.3, 0.4) is 0 Å². The van der Waals surface area contributed by atoms with Crippen molar-refractivity contribution in [3.05, 3.63) is 12.7 Å². The summed E-state index contributed by atoms with van der Waals surface area (Å²) in [4.78, 5) is 35.4. The van der Waals surface area contributed by atoms with Crippen LogP contribution in [0.5, 0.6) is 0 Å². The Balaban J connectivity index is 2.43. The summed E-state index contributed by atoms with van der Waals surface area (Å²) in [6.45, 7) is 5.85. The topological polar surface area (TPSA) is 86.7 Å². The molecule has 6 nitrogen and oxygen atoms in total. The summed E-state index contributed by atoms with van der Waals surface area (Å²) in [6.07, 6.45) is 2.36. The summed E-state index contributed by atoms with van der Waals surface area (Å²) < 4.78 is 0. The summed E-state index contributed by atoms with van der Waals surface area (Å²) >= 11 is 0. The number of hydrogen-bond donors (Lipinski definition) is 2. The molecule has 0 spiro atoms. The SMILES string of the molecule is C=CC(=O)N1CCC(C(=O)NC(C)C(=O)O)CC1. The van der Waals surface area contributed by atoms with E-state index in [1.54, 1.807) is 4.90 Å². The number of amides is 2. The van der Waals surface area contributed by atoms with E-state index in [1.807, 2.05) is 0 Å². The number of rotatable bonds is 4. The first-order valence-electron chi connectivity index (χ1n) is 5.90. The molecule has 0 radical (unpaired) electrons. The summed E-state index contributed by atoms with van der Waals surface area (Å²) in [5.74, 6) is -1.66. The Morgan fingerprint density at radius 1 is 1.39 bits per heavy atom. The van der Waals surface area contributed by atoms with Crippen molar-refractivity contribution in [2.24, 2.45) is 5.92 Å². The molecule has 1 saturated heterocycles. The van der Waals surface area contributed by atoms with Gasteiger partial charge in [0, 0.05) is 19.0 Å². The van der Waals surface area contributed by atoms with E-state index in [0.717, 1.165) is 0 Å². The van der Waals surface area contributed by atoms with Gasteiger partial charge in [-0.05, 0) is 25.8 Å². The number of hydrogen-bond acceptors (Lipinski definition) is 3. The lowest BCUT2D eigenvalue weighted by atomic mass is 9.95. The van der Waals surface area contributed by atoms with Crippen LogP contribution in [0.2, 0.25) is 0 Å². The average molecular weight is 254 g/mol. The molecule has 100 valence electrons. The zero-order chi connectivity index (χ0) is 13.7. The summed E-state index contributed by atoms with van der Waals surface area (Å²) in [5.41, 5.74) is 0. The van der Waals surface area contributed by atoms with Gasteiger partial charge in [0.2, 0.25) is 11.8 Å². The summed E-state index contributed by atoms with van der Waals surface area (Å²) in [7, 11) is 0. The smallest absolute Gasteiger partial charge is 0.325 e. The third-order valence-corrected chi connectivity index (χ3v) is 3.08. The summed E-state index contributed by atoms with van der Waals surface area (Å²) in [5, 5.41) is 11.1. The van der Waals surface area contributed by atoms with Gasteiger partial charge in [-0.2, -0.15) is 0 Å². The second-order valence-electron chi connectivity index (χ2n) is 4.37. The van der Waals surface area contributed by atoms with E-state index in [9.17, 15) is 14.4 Å². The fourth-order valence-electron chi connectivity index (χ4n) is 1.88. The minimum Gasteiger partial charge on any atom is -0.480 e. The first-order valence-corrected chi connectivity index (χ1v) is 5.90. The minimum absolute atomic E-state index is 0.132. The monoisotopic (exact) mass is 254 g/mol. The van der Waals surface area contributed by atoms with Crippen LogP contribution >= 0.6 is 0 Å². The Labute approximate surface area is 106 Å². The number of nitrogens with one attached hydrogen (secondary N) is 1. The van der Waals surface area contributed by atoms with Gasteiger partial charge in [0.1, 0.15) is 6.04 Å². The predicted molar refractivity (Wildman–Crippen MR) is 64.7 cm³/mol. The van der Waals surface area contributed by atoms with E-state index in [4.69, 9.17) is 5.11 Å². The molecule has 1 heterocycles. The molecule has 1 rings (SSSR count). The molecule has 1 unspecified atom stereocenters. The molecule has 0 aromatic rings. The number of nitrogens with zero attached hydrogens (tertiary/aromatic N) is 1. The van der Waals surface area contributed by atoms with Gasteiger partial charge in [0.25, 0.3) is 0 Å². The van der Waals surface area contributed by atoms with Crippen LogP contribution in [0.1, 0.15) is 19.8 Å². The van der Waals surface area contributed by atoms with Gasteiger partial charge in [-0.15, -0.1) is 0 Å². The standard InChI is InChI=1S/C12H18N2O4/c1-3-10(15)14-6-4-9(5-7-14)11(16)13-8(2)12(17)18/h3,8-9H,1,4-7H2,2H3,(H,13,16)(H,17,18). The predicted octanol–water partition coefficient (Wildman–Crippen LogP) is 0.000300. The Morgan fingerprint density at radius 3 is 2.39 bits per heavy atom. The van der Waals surface area contributed by atoms with Crippen molar-refractivity contribution in [2.75, 3.05) is 13.1 Å². The lowest BCUT2D eigenvalue weighted by molar-refractivity contribution is -0.142. The third kappa shape index (κ3) is 3.58. The molecule has 2 amide bonds. The highest BCUT2D eigenvalue weighted by molar-refractivity contribution is 5.88. The molecule has 1 atom stereocenters.